The molecule has 2 aromatic carbocycles. The van der Waals surface area contributed by atoms with Crippen molar-refractivity contribution in [3.63, 3.8) is 0 Å². The number of alkyl halides is 3. The predicted molar refractivity (Wildman–Crippen MR) is 96.1 cm³/mol. The van der Waals surface area contributed by atoms with E-state index in [0.29, 0.717) is 17.9 Å². The summed E-state index contributed by atoms with van der Waals surface area (Å²) in [4.78, 5) is 10.8. The maximum Gasteiger partial charge on any atom is 0.573 e. The number of hydrogen-bond donors (Lipinski definition) is 2. The van der Waals surface area contributed by atoms with Gasteiger partial charge in [-0.3, -0.25) is 4.79 Å². The minimum absolute atomic E-state index is 0.339. The molecule has 2 rings (SSSR count). The van der Waals surface area contributed by atoms with Crippen molar-refractivity contribution < 1.29 is 41.0 Å². The van der Waals surface area contributed by atoms with Crippen LogP contribution < -0.4 is 14.2 Å². The molecule has 0 amide bonds. The van der Waals surface area contributed by atoms with Crippen molar-refractivity contribution in [2.45, 2.75) is 30.6 Å². The van der Waals surface area contributed by atoms with Gasteiger partial charge in [-0.25, -0.2) is 13.1 Å². The molecular formula is C18H18F3NO6S. The summed E-state index contributed by atoms with van der Waals surface area (Å²) < 4.78 is 73.0. The summed E-state index contributed by atoms with van der Waals surface area (Å²) in [5.41, 5.74) is 0.386. The Labute approximate surface area is 165 Å². The van der Waals surface area contributed by atoms with Gasteiger partial charge in [-0.05, 0) is 48.9 Å². The van der Waals surface area contributed by atoms with E-state index < -0.39 is 40.6 Å². The predicted octanol–water partition coefficient (Wildman–Crippen LogP) is 3.48. The van der Waals surface area contributed by atoms with E-state index in [-0.39, 0.29) is 4.90 Å². The van der Waals surface area contributed by atoms with Crippen LogP contribution in [0.25, 0.3) is 0 Å². The van der Waals surface area contributed by atoms with Gasteiger partial charge in [0.15, 0.2) is 0 Å². The van der Waals surface area contributed by atoms with Gasteiger partial charge >= 0.3 is 12.3 Å². The summed E-state index contributed by atoms with van der Waals surface area (Å²) in [7, 11) is -4.22. The molecule has 2 N–H and O–H groups in total. The Morgan fingerprint density at radius 2 is 1.62 bits per heavy atom. The summed E-state index contributed by atoms with van der Waals surface area (Å²) >= 11 is 0. The Hall–Kier alpha value is -2.79. The van der Waals surface area contributed by atoms with Crippen molar-refractivity contribution in [1.82, 2.24) is 4.72 Å². The monoisotopic (exact) mass is 433 g/mol. The number of nitrogens with one attached hydrogen (secondary N) is 1. The van der Waals surface area contributed by atoms with E-state index in [1.807, 2.05) is 0 Å². The summed E-state index contributed by atoms with van der Waals surface area (Å²) in [6.45, 7) is 2.22. The quantitative estimate of drug-likeness (QED) is 0.628. The third kappa shape index (κ3) is 6.95. The third-order valence-corrected chi connectivity index (χ3v) is 5.12. The molecule has 29 heavy (non-hydrogen) atoms. The lowest BCUT2D eigenvalue weighted by atomic mass is 10.0. The topological polar surface area (TPSA) is 102 Å². The highest BCUT2D eigenvalue weighted by molar-refractivity contribution is 7.89. The van der Waals surface area contributed by atoms with Gasteiger partial charge in [-0.1, -0.05) is 12.1 Å². The number of rotatable bonds is 9. The van der Waals surface area contributed by atoms with Gasteiger partial charge < -0.3 is 14.6 Å². The molecule has 7 nitrogen and oxygen atoms in total. The molecule has 11 heteroatoms. The number of carboxylic acids is 1. The Kier molecular flexibility index (Phi) is 7.09. The highest BCUT2D eigenvalue weighted by Crippen LogP contribution is 2.26. The van der Waals surface area contributed by atoms with Crippen molar-refractivity contribution in [3.05, 3.63) is 54.1 Å². The third-order valence-electron chi connectivity index (χ3n) is 3.64. The fraction of sp³-hybridized carbons (Fsp3) is 0.278. The molecule has 0 saturated carbocycles. The van der Waals surface area contributed by atoms with Crippen molar-refractivity contribution in [2.24, 2.45) is 0 Å². The molecule has 0 bridgehead atoms. The van der Waals surface area contributed by atoms with E-state index in [2.05, 4.69) is 9.46 Å². The number of halogens is 3. The first-order valence-corrected chi connectivity index (χ1v) is 9.81. The van der Waals surface area contributed by atoms with E-state index in [1.165, 1.54) is 12.1 Å². The number of sulfonamides is 1. The SMILES string of the molecule is CCOc1ccc([C@@H](CC(=O)O)NS(=O)(=O)c2ccc(OC(F)(F)F)cc2)cc1. The van der Waals surface area contributed by atoms with E-state index in [4.69, 9.17) is 9.84 Å². The molecule has 0 aliphatic rings. The zero-order chi connectivity index (χ0) is 21.7. The molecule has 0 fully saturated rings. The molecule has 0 unspecified atom stereocenters. The first-order chi connectivity index (χ1) is 13.5. The highest BCUT2D eigenvalue weighted by Gasteiger charge is 2.31. The second-order valence-electron chi connectivity index (χ2n) is 5.79. The molecule has 158 valence electrons. The second-order valence-corrected chi connectivity index (χ2v) is 7.51. The van der Waals surface area contributed by atoms with Gasteiger partial charge in [-0.15, -0.1) is 13.2 Å². The Morgan fingerprint density at radius 1 is 1.07 bits per heavy atom. The van der Waals surface area contributed by atoms with Crippen molar-refractivity contribution in [1.29, 1.82) is 0 Å². The van der Waals surface area contributed by atoms with E-state index in [9.17, 15) is 26.4 Å². The van der Waals surface area contributed by atoms with Crippen LogP contribution >= 0.6 is 0 Å². The smallest absolute Gasteiger partial charge is 0.494 e. The van der Waals surface area contributed by atoms with Crippen LogP contribution in [-0.2, 0) is 14.8 Å². The van der Waals surface area contributed by atoms with E-state index in [0.717, 1.165) is 24.3 Å². The zero-order valence-corrected chi connectivity index (χ0v) is 16.0. The first-order valence-electron chi connectivity index (χ1n) is 8.33. The summed E-state index contributed by atoms with van der Waals surface area (Å²) in [6.07, 6.45) is -5.44. The van der Waals surface area contributed by atoms with Gasteiger partial charge in [0.1, 0.15) is 11.5 Å². The Morgan fingerprint density at radius 3 is 2.10 bits per heavy atom. The second kappa shape index (κ2) is 9.14. The number of aliphatic carboxylic acids is 1. The van der Waals surface area contributed by atoms with Crippen molar-refractivity contribution >= 4 is 16.0 Å². The van der Waals surface area contributed by atoms with Gasteiger partial charge in [0.2, 0.25) is 10.0 Å². The first kappa shape index (κ1) is 22.5. The van der Waals surface area contributed by atoms with Crippen LogP contribution in [0, 0.1) is 0 Å². The average Bonchev–Trinajstić information content (AvgIpc) is 2.60. The van der Waals surface area contributed by atoms with Gasteiger partial charge in [0.25, 0.3) is 0 Å². The molecule has 0 radical (unpaired) electrons. The fourth-order valence-electron chi connectivity index (χ4n) is 2.44. The summed E-state index contributed by atoms with van der Waals surface area (Å²) in [5, 5.41) is 9.11. The average molecular weight is 433 g/mol. The van der Waals surface area contributed by atoms with Crippen LogP contribution in [0.4, 0.5) is 13.2 Å². The number of carbonyl (C=O) groups is 1. The van der Waals surface area contributed by atoms with Crippen LogP contribution in [-0.4, -0.2) is 32.5 Å². The lowest BCUT2D eigenvalue weighted by molar-refractivity contribution is -0.274. The number of carboxylic acid groups (broad SMARTS) is 1. The molecule has 0 spiro atoms. The Balaban J connectivity index is 2.23. The van der Waals surface area contributed by atoms with Gasteiger partial charge in [0, 0.05) is 0 Å². The normalized spacial score (nSPS) is 13.0. The highest BCUT2D eigenvalue weighted by atomic mass is 32.2. The van der Waals surface area contributed by atoms with Crippen molar-refractivity contribution in [2.75, 3.05) is 6.61 Å². The largest absolute Gasteiger partial charge is 0.573 e. The lowest BCUT2D eigenvalue weighted by Crippen LogP contribution is -2.30. The zero-order valence-electron chi connectivity index (χ0n) is 15.1. The molecule has 0 aliphatic heterocycles. The van der Waals surface area contributed by atoms with Crippen LogP contribution in [0.3, 0.4) is 0 Å². The van der Waals surface area contributed by atoms with E-state index >= 15 is 0 Å². The molecule has 0 aliphatic carbocycles. The lowest BCUT2D eigenvalue weighted by Gasteiger charge is -2.18. The maximum atomic E-state index is 12.6. The molecule has 0 aromatic heterocycles. The molecular weight excluding hydrogens is 415 g/mol. The fourth-order valence-corrected chi connectivity index (χ4v) is 3.67. The summed E-state index contributed by atoms with van der Waals surface area (Å²) in [6, 6.07) is 8.67. The van der Waals surface area contributed by atoms with Crippen molar-refractivity contribution in [3.8, 4) is 11.5 Å². The minimum atomic E-state index is -4.90. The Bertz CT molecular complexity index is 928. The van der Waals surface area contributed by atoms with Crippen LogP contribution in [0.1, 0.15) is 24.9 Å². The number of ether oxygens (including phenoxy) is 2. The number of hydrogen-bond acceptors (Lipinski definition) is 5. The molecule has 1 atom stereocenters. The molecule has 0 heterocycles. The van der Waals surface area contributed by atoms with Crippen LogP contribution in [0.2, 0.25) is 0 Å². The minimum Gasteiger partial charge on any atom is -0.494 e. The standard InChI is InChI=1S/C18H18F3NO6S/c1-2-27-13-5-3-12(4-6-13)16(11-17(23)24)22-29(25,26)15-9-7-14(8-10-15)28-18(19,20)21/h3-10,16,22H,2,11H2,1H3,(H,23,24)/t16-/m1/s1. The molecule has 0 saturated heterocycles. The summed E-state index contributed by atoms with van der Waals surface area (Å²) in [5.74, 6) is -1.28. The molecule has 2 aromatic rings. The van der Waals surface area contributed by atoms with Gasteiger partial charge in [0.05, 0.1) is 24.0 Å². The van der Waals surface area contributed by atoms with Crippen LogP contribution in [0.15, 0.2) is 53.4 Å². The maximum absolute atomic E-state index is 12.6. The van der Waals surface area contributed by atoms with E-state index in [1.54, 1.807) is 19.1 Å². The van der Waals surface area contributed by atoms with Crippen LogP contribution in [0.5, 0.6) is 11.5 Å². The van der Waals surface area contributed by atoms with Gasteiger partial charge in [-0.2, -0.15) is 0 Å². The number of benzene rings is 2.